The Morgan fingerprint density at radius 3 is 2.58 bits per heavy atom. The number of hydrogen-bond acceptors (Lipinski definition) is 4. The minimum absolute atomic E-state index is 0.210. The van der Waals surface area contributed by atoms with E-state index in [4.69, 9.17) is 0 Å². The minimum atomic E-state index is -0.358. The van der Waals surface area contributed by atoms with Crippen LogP contribution in [0.4, 0.5) is 4.79 Å². The smallest absolute Gasteiger partial charge is 0.321 e. The zero-order valence-electron chi connectivity index (χ0n) is 14.9. The second-order valence-corrected chi connectivity index (χ2v) is 7.88. The minimum Gasteiger partial charge on any atom is -0.335 e. The zero-order chi connectivity index (χ0) is 17.5. The van der Waals surface area contributed by atoms with Gasteiger partial charge >= 0.3 is 6.03 Å². The summed E-state index contributed by atoms with van der Waals surface area (Å²) >= 11 is 1.71. The molecule has 0 radical (unpaired) electrons. The van der Waals surface area contributed by atoms with Gasteiger partial charge in [-0.1, -0.05) is 19.3 Å². The van der Waals surface area contributed by atoms with Gasteiger partial charge in [0, 0.05) is 23.5 Å². The Balaban J connectivity index is 1.81. The summed E-state index contributed by atoms with van der Waals surface area (Å²) in [6.07, 6.45) is 5.57. The van der Waals surface area contributed by atoms with Gasteiger partial charge in [-0.15, -0.1) is 11.3 Å². The molecule has 0 aromatic carbocycles. The number of nitrogens with zero attached hydrogens (tertiary/aromatic N) is 1. The molecule has 1 aliphatic carbocycles. The molecular weight excluding hydrogens is 322 g/mol. The third-order valence-corrected chi connectivity index (χ3v) is 5.59. The summed E-state index contributed by atoms with van der Waals surface area (Å²) in [5.74, 6) is -0.244. The number of carbonyl (C=O) groups excluding carboxylic acids is 2. The molecule has 1 aliphatic rings. The van der Waals surface area contributed by atoms with Crippen molar-refractivity contribution in [3.05, 3.63) is 21.9 Å². The highest BCUT2D eigenvalue weighted by molar-refractivity contribution is 7.10. The van der Waals surface area contributed by atoms with E-state index < -0.39 is 0 Å². The molecule has 2 N–H and O–H groups in total. The van der Waals surface area contributed by atoms with Crippen LogP contribution in [-0.4, -0.2) is 35.5 Å². The van der Waals surface area contributed by atoms with Crippen molar-refractivity contribution in [3.63, 3.8) is 0 Å². The lowest BCUT2D eigenvalue weighted by Gasteiger charge is -2.26. The molecule has 0 spiro atoms. The molecule has 5 nitrogen and oxygen atoms in total. The SMILES string of the molecule is Cc1ccsc1CN(CC(=O)NC(=O)NC1CCCCC1)C(C)C. The summed E-state index contributed by atoms with van der Waals surface area (Å²) < 4.78 is 0. The number of imide groups is 1. The fourth-order valence-corrected chi connectivity index (χ4v) is 3.92. The normalized spacial score (nSPS) is 15.7. The quantitative estimate of drug-likeness (QED) is 0.825. The molecule has 0 aliphatic heterocycles. The van der Waals surface area contributed by atoms with Crippen molar-refractivity contribution in [2.45, 2.75) is 71.5 Å². The Kier molecular flexibility index (Phi) is 7.24. The average Bonchev–Trinajstić information content (AvgIpc) is 2.92. The van der Waals surface area contributed by atoms with Gasteiger partial charge in [0.1, 0.15) is 0 Å². The molecule has 1 heterocycles. The summed E-state index contributed by atoms with van der Waals surface area (Å²) in [7, 11) is 0. The van der Waals surface area contributed by atoms with Crippen molar-refractivity contribution in [3.8, 4) is 0 Å². The molecule has 0 unspecified atom stereocenters. The van der Waals surface area contributed by atoms with Crippen molar-refractivity contribution in [2.75, 3.05) is 6.54 Å². The summed E-state index contributed by atoms with van der Waals surface area (Å²) in [5, 5.41) is 7.47. The third kappa shape index (κ3) is 5.91. The monoisotopic (exact) mass is 351 g/mol. The van der Waals surface area contributed by atoms with Crippen LogP contribution >= 0.6 is 11.3 Å². The Bertz CT molecular complexity index is 550. The van der Waals surface area contributed by atoms with E-state index in [1.807, 2.05) is 0 Å². The van der Waals surface area contributed by atoms with E-state index >= 15 is 0 Å². The maximum atomic E-state index is 12.2. The number of rotatable bonds is 6. The van der Waals surface area contributed by atoms with Gasteiger partial charge in [-0.05, 0) is 50.6 Å². The number of thiophene rings is 1. The number of hydrogen-bond donors (Lipinski definition) is 2. The molecule has 1 aromatic heterocycles. The summed E-state index contributed by atoms with van der Waals surface area (Å²) in [6, 6.07) is 2.18. The van der Waals surface area contributed by atoms with Crippen molar-refractivity contribution in [1.82, 2.24) is 15.5 Å². The molecule has 134 valence electrons. The Labute approximate surface area is 148 Å². The van der Waals surface area contributed by atoms with E-state index in [1.165, 1.54) is 16.9 Å². The van der Waals surface area contributed by atoms with Crippen LogP contribution < -0.4 is 10.6 Å². The fourth-order valence-electron chi connectivity index (χ4n) is 2.99. The van der Waals surface area contributed by atoms with Crippen molar-refractivity contribution in [2.24, 2.45) is 0 Å². The highest BCUT2D eigenvalue weighted by Gasteiger charge is 2.20. The van der Waals surface area contributed by atoms with Gasteiger partial charge in [-0.3, -0.25) is 15.0 Å². The molecule has 24 heavy (non-hydrogen) atoms. The van der Waals surface area contributed by atoms with Crippen molar-refractivity contribution < 1.29 is 9.59 Å². The van der Waals surface area contributed by atoms with E-state index in [0.717, 1.165) is 32.2 Å². The topological polar surface area (TPSA) is 61.4 Å². The van der Waals surface area contributed by atoms with Gasteiger partial charge in [-0.2, -0.15) is 0 Å². The lowest BCUT2D eigenvalue weighted by Crippen LogP contribution is -2.48. The largest absolute Gasteiger partial charge is 0.335 e. The maximum absolute atomic E-state index is 12.2. The summed E-state index contributed by atoms with van der Waals surface area (Å²) in [6.45, 7) is 7.19. The predicted molar refractivity (Wildman–Crippen MR) is 98.1 cm³/mol. The van der Waals surface area contributed by atoms with Gasteiger partial charge in [0.05, 0.1) is 6.54 Å². The number of urea groups is 1. The molecule has 1 fully saturated rings. The number of nitrogens with one attached hydrogen (secondary N) is 2. The highest BCUT2D eigenvalue weighted by Crippen LogP contribution is 2.19. The molecule has 0 bridgehead atoms. The fraction of sp³-hybridized carbons (Fsp3) is 0.667. The van der Waals surface area contributed by atoms with E-state index in [1.54, 1.807) is 11.3 Å². The van der Waals surface area contributed by atoms with Crippen LogP contribution in [0.1, 0.15) is 56.4 Å². The standard InChI is InChI=1S/C18H29N3O2S/c1-13(2)21(11-16-14(3)9-10-24-16)12-17(22)20-18(23)19-15-7-5-4-6-8-15/h9-10,13,15H,4-8,11-12H2,1-3H3,(H2,19,20,22,23). The molecular formula is C18H29N3O2S. The zero-order valence-corrected chi connectivity index (χ0v) is 15.7. The van der Waals surface area contributed by atoms with Crippen LogP contribution in [0, 0.1) is 6.92 Å². The van der Waals surface area contributed by atoms with Gasteiger partial charge < -0.3 is 5.32 Å². The molecule has 2 rings (SSSR count). The van der Waals surface area contributed by atoms with E-state index in [2.05, 4.69) is 47.8 Å². The van der Waals surface area contributed by atoms with Gasteiger partial charge in [0.15, 0.2) is 0 Å². The number of carbonyl (C=O) groups is 2. The molecule has 1 aromatic rings. The first-order chi connectivity index (χ1) is 11.5. The predicted octanol–water partition coefficient (Wildman–Crippen LogP) is 3.43. The Hall–Kier alpha value is -1.40. The first kappa shape index (κ1) is 18.9. The second-order valence-electron chi connectivity index (χ2n) is 6.88. The van der Waals surface area contributed by atoms with Crippen LogP contribution in [0.15, 0.2) is 11.4 Å². The van der Waals surface area contributed by atoms with Crippen molar-refractivity contribution in [1.29, 1.82) is 0 Å². The van der Waals surface area contributed by atoms with Crippen LogP contribution in [0.5, 0.6) is 0 Å². The summed E-state index contributed by atoms with van der Waals surface area (Å²) in [4.78, 5) is 27.6. The van der Waals surface area contributed by atoms with Crippen LogP contribution in [0.2, 0.25) is 0 Å². The summed E-state index contributed by atoms with van der Waals surface area (Å²) in [5.41, 5.74) is 1.25. The molecule has 1 saturated carbocycles. The molecule has 0 saturated heterocycles. The highest BCUT2D eigenvalue weighted by atomic mass is 32.1. The van der Waals surface area contributed by atoms with Crippen molar-refractivity contribution >= 4 is 23.3 Å². The number of aryl methyl sites for hydroxylation is 1. The van der Waals surface area contributed by atoms with Crippen LogP contribution in [0.3, 0.4) is 0 Å². The van der Waals surface area contributed by atoms with Gasteiger partial charge in [0.2, 0.25) is 5.91 Å². The van der Waals surface area contributed by atoms with E-state index in [-0.39, 0.29) is 30.6 Å². The van der Waals surface area contributed by atoms with E-state index in [0.29, 0.717) is 0 Å². The van der Waals surface area contributed by atoms with Gasteiger partial charge in [0.25, 0.3) is 0 Å². The van der Waals surface area contributed by atoms with Crippen LogP contribution in [0.25, 0.3) is 0 Å². The third-order valence-electron chi connectivity index (χ3n) is 4.59. The maximum Gasteiger partial charge on any atom is 0.321 e. The first-order valence-electron chi connectivity index (χ1n) is 8.83. The molecule has 3 amide bonds. The lowest BCUT2D eigenvalue weighted by molar-refractivity contribution is -0.121. The second kappa shape index (κ2) is 9.18. The van der Waals surface area contributed by atoms with E-state index in [9.17, 15) is 9.59 Å². The Morgan fingerprint density at radius 1 is 1.29 bits per heavy atom. The first-order valence-corrected chi connectivity index (χ1v) is 9.71. The van der Waals surface area contributed by atoms with Gasteiger partial charge in [-0.25, -0.2) is 4.79 Å². The molecule has 6 heteroatoms. The lowest BCUT2D eigenvalue weighted by atomic mass is 9.96. The molecule has 0 atom stereocenters. The number of amides is 3. The Morgan fingerprint density at radius 2 is 2.00 bits per heavy atom. The van der Waals surface area contributed by atoms with Crippen LogP contribution in [-0.2, 0) is 11.3 Å². The average molecular weight is 352 g/mol.